The average molecular weight is 348 g/mol. The zero-order valence-electron chi connectivity index (χ0n) is 13.8. The lowest BCUT2D eigenvalue weighted by molar-refractivity contribution is -0.137. The Labute approximate surface area is 149 Å². The fourth-order valence-electron chi connectivity index (χ4n) is 2.90. The van der Waals surface area contributed by atoms with Crippen molar-refractivity contribution in [1.29, 1.82) is 0 Å². The van der Waals surface area contributed by atoms with Crippen LogP contribution in [0.3, 0.4) is 0 Å². The van der Waals surface area contributed by atoms with Gasteiger partial charge in [-0.15, -0.1) is 0 Å². The van der Waals surface area contributed by atoms with Crippen LogP contribution in [-0.2, 0) is 9.59 Å². The second-order valence-corrected chi connectivity index (χ2v) is 5.87. The number of aliphatic hydroxyl groups excluding tert-OH is 1. The standard InChI is InChI=1S/C19H16N4O3/c24-9-8-23-18(25)11-15(19(23)26)20-14-5-3-4-13(10-14)16-12-22-7-2-1-6-17(22)21-16/h1-7,10-12,20,24H,8-9H2. The lowest BCUT2D eigenvalue weighted by atomic mass is 10.1. The zero-order valence-corrected chi connectivity index (χ0v) is 13.8. The predicted molar refractivity (Wildman–Crippen MR) is 96.1 cm³/mol. The monoisotopic (exact) mass is 348 g/mol. The summed E-state index contributed by atoms with van der Waals surface area (Å²) in [5, 5.41) is 11.9. The van der Waals surface area contributed by atoms with E-state index >= 15 is 0 Å². The molecule has 3 aromatic rings. The van der Waals surface area contributed by atoms with Crippen molar-refractivity contribution in [3.63, 3.8) is 0 Å². The summed E-state index contributed by atoms with van der Waals surface area (Å²) < 4.78 is 1.93. The Morgan fingerprint density at radius 2 is 2.00 bits per heavy atom. The predicted octanol–water partition coefficient (Wildman–Crippen LogP) is 1.66. The van der Waals surface area contributed by atoms with Crippen LogP contribution in [0.25, 0.3) is 16.9 Å². The third-order valence-electron chi connectivity index (χ3n) is 4.13. The molecule has 0 spiro atoms. The van der Waals surface area contributed by atoms with Gasteiger partial charge in [-0.25, -0.2) is 4.98 Å². The fraction of sp³-hybridized carbons (Fsp3) is 0.105. The van der Waals surface area contributed by atoms with Crippen LogP contribution in [0.4, 0.5) is 5.69 Å². The van der Waals surface area contributed by atoms with Gasteiger partial charge in [0.25, 0.3) is 11.8 Å². The van der Waals surface area contributed by atoms with Gasteiger partial charge in [0.1, 0.15) is 11.3 Å². The van der Waals surface area contributed by atoms with Crippen LogP contribution in [0.2, 0.25) is 0 Å². The van der Waals surface area contributed by atoms with Gasteiger partial charge in [0, 0.05) is 29.7 Å². The number of imide groups is 1. The third-order valence-corrected chi connectivity index (χ3v) is 4.13. The second kappa shape index (κ2) is 6.45. The quantitative estimate of drug-likeness (QED) is 0.685. The lowest BCUT2D eigenvalue weighted by Gasteiger charge is -2.13. The molecule has 1 aliphatic heterocycles. The largest absolute Gasteiger partial charge is 0.395 e. The van der Waals surface area contributed by atoms with Gasteiger partial charge in [-0.1, -0.05) is 18.2 Å². The number of pyridine rings is 1. The van der Waals surface area contributed by atoms with E-state index in [9.17, 15) is 9.59 Å². The van der Waals surface area contributed by atoms with Gasteiger partial charge in [0.2, 0.25) is 0 Å². The number of benzene rings is 1. The average Bonchev–Trinajstić information content (AvgIpc) is 3.19. The molecule has 0 radical (unpaired) electrons. The highest BCUT2D eigenvalue weighted by Crippen LogP contribution is 2.24. The lowest BCUT2D eigenvalue weighted by Crippen LogP contribution is -2.34. The molecule has 0 saturated heterocycles. The maximum atomic E-state index is 12.2. The Morgan fingerprint density at radius 1 is 1.12 bits per heavy atom. The minimum Gasteiger partial charge on any atom is -0.395 e. The SMILES string of the molecule is O=C1C=C(Nc2cccc(-c3cn4ccccc4n3)c2)C(=O)N1CCO. The summed E-state index contributed by atoms with van der Waals surface area (Å²) in [6, 6.07) is 13.3. The molecule has 0 bridgehead atoms. The van der Waals surface area contributed by atoms with Crippen molar-refractivity contribution in [1.82, 2.24) is 14.3 Å². The normalized spacial score (nSPS) is 14.2. The molecule has 130 valence electrons. The van der Waals surface area contributed by atoms with Crippen LogP contribution in [0.15, 0.2) is 66.6 Å². The van der Waals surface area contributed by atoms with E-state index in [0.717, 1.165) is 21.8 Å². The Kier molecular flexibility index (Phi) is 3.98. The first-order chi connectivity index (χ1) is 12.7. The van der Waals surface area contributed by atoms with E-state index in [4.69, 9.17) is 5.11 Å². The number of nitrogens with one attached hydrogen (secondary N) is 1. The number of rotatable bonds is 5. The molecule has 1 aromatic carbocycles. The molecule has 7 heteroatoms. The molecule has 0 saturated carbocycles. The van der Waals surface area contributed by atoms with Crippen LogP contribution in [0.1, 0.15) is 0 Å². The fourth-order valence-corrected chi connectivity index (χ4v) is 2.90. The molecule has 3 heterocycles. The maximum Gasteiger partial charge on any atom is 0.277 e. The maximum absolute atomic E-state index is 12.2. The number of aliphatic hydroxyl groups is 1. The number of hydrogen-bond acceptors (Lipinski definition) is 5. The molecular weight excluding hydrogens is 332 g/mol. The summed E-state index contributed by atoms with van der Waals surface area (Å²) >= 11 is 0. The van der Waals surface area contributed by atoms with Crippen molar-refractivity contribution in [3.05, 3.63) is 66.6 Å². The number of carbonyl (C=O) groups excluding carboxylic acids is 2. The number of carbonyl (C=O) groups is 2. The minimum atomic E-state index is -0.442. The summed E-state index contributed by atoms with van der Waals surface area (Å²) in [6.45, 7) is -0.275. The van der Waals surface area contributed by atoms with E-state index < -0.39 is 11.8 Å². The van der Waals surface area contributed by atoms with Gasteiger partial charge in [0.15, 0.2) is 0 Å². The summed E-state index contributed by atoms with van der Waals surface area (Å²) in [7, 11) is 0. The molecular formula is C19H16N4O3. The van der Waals surface area contributed by atoms with Gasteiger partial charge >= 0.3 is 0 Å². The van der Waals surface area contributed by atoms with Crippen LogP contribution in [0.5, 0.6) is 0 Å². The Morgan fingerprint density at radius 3 is 2.81 bits per heavy atom. The van der Waals surface area contributed by atoms with Gasteiger partial charge in [-0.2, -0.15) is 0 Å². The number of β-amino-alcohol motifs (C(OH)–C–C–N with tert-alkyl or cyclic N) is 1. The van der Waals surface area contributed by atoms with E-state index in [1.807, 2.05) is 59.3 Å². The van der Waals surface area contributed by atoms with Crippen molar-refractivity contribution >= 4 is 23.1 Å². The van der Waals surface area contributed by atoms with E-state index in [2.05, 4.69) is 10.3 Å². The molecule has 0 unspecified atom stereocenters. The summed E-state index contributed by atoms with van der Waals surface area (Å²) in [5.41, 5.74) is 3.42. The van der Waals surface area contributed by atoms with Gasteiger partial charge in [-0.05, 0) is 24.3 Å². The van der Waals surface area contributed by atoms with Gasteiger partial charge in [0.05, 0.1) is 18.8 Å². The van der Waals surface area contributed by atoms with E-state index in [1.54, 1.807) is 0 Å². The number of anilines is 1. The highest BCUT2D eigenvalue weighted by Gasteiger charge is 2.30. The first-order valence-corrected chi connectivity index (χ1v) is 8.15. The first-order valence-electron chi connectivity index (χ1n) is 8.15. The molecule has 2 N–H and O–H groups in total. The molecule has 7 nitrogen and oxygen atoms in total. The molecule has 26 heavy (non-hydrogen) atoms. The molecule has 0 fully saturated rings. The van der Waals surface area contributed by atoms with Crippen molar-refractivity contribution in [2.75, 3.05) is 18.5 Å². The first kappa shape index (κ1) is 16.0. The third kappa shape index (κ3) is 2.84. The minimum absolute atomic E-state index is 0.0133. The zero-order chi connectivity index (χ0) is 18.1. The van der Waals surface area contributed by atoms with Crippen molar-refractivity contribution in [3.8, 4) is 11.3 Å². The Hall–Kier alpha value is -3.45. The smallest absolute Gasteiger partial charge is 0.277 e. The van der Waals surface area contributed by atoms with Gasteiger partial charge < -0.3 is 14.8 Å². The van der Waals surface area contributed by atoms with Crippen molar-refractivity contribution in [2.24, 2.45) is 0 Å². The Balaban J connectivity index is 1.59. The molecule has 2 aromatic heterocycles. The summed E-state index contributed by atoms with van der Waals surface area (Å²) in [5.74, 6) is -0.870. The van der Waals surface area contributed by atoms with Crippen molar-refractivity contribution in [2.45, 2.75) is 0 Å². The number of hydrogen-bond donors (Lipinski definition) is 2. The summed E-state index contributed by atoms with van der Waals surface area (Å²) in [6.07, 6.45) is 5.10. The molecule has 4 rings (SSSR count). The van der Waals surface area contributed by atoms with E-state index in [1.165, 1.54) is 6.08 Å². The molecule has 1 aliphatic rings. The Bertz CT molecular complexity index is 1000. The van der Waals surface area contributed by atoms with Crippen molar-refractivity contribution < 1.29 is 14.7 Å². The molecule has 0 aliphatic carbocycles. The van der Waals surface area contributed by atoms with Crippen LogP contribution >= 0.6 is 0 Å². The number of amides is 2. The number of imidazole rings is 1. The van der Waals surface area contributed by atoms with Gasteiger partial charge in [-0.3, -0.25) is 14.5 Å². The summed E-state index contributed by atoms with van der Waals surface area (Å²) in [4.78, 5) is 29.6. The highest BCUT2D eigenvalue weighted by molar-refractivity contribution is 6.17. The van der Waals surface area contributed by atoms with E-state index in [0.29, 0.717) is 5.69 Å². The van der Waals surface area contributed by atoms with Crippen LogP contribution in [0, 0.1) is 0 Å². The second-order valence-electron chi connectivity index (χ2n) is 5.87. The number of fused-ring (bicyclic) bond motifs is 1. The topological polar surface area (TPSA) is 86.9 Å². The van der Waals surface area contributed by atoms with Crippen LogP contribution in [-0.4, -0.2) is 44.4 Å². The number of nitrogens with zero attached hydrogens (tertiary/aromatic N) is 3. The van der Waals surface area contributed by atoms with E-state index in [-0.39, 0.29) is 18.8 Å². The van der Waals surface area contributed by atoms with Crippen LogP contribution < -0.4 is 5.32 Å². The molecule has 2 amide bonds. The highest BCUT2D eigenvalue weighted by atomic mass is 16.3. The number of aromatic nitrogens is 2. The molecule has 0 atom stereocenters.